The first-order valence-electron chi connectivity index (χ1n) is 7.54. The Morgan fingerprint density at radius 1 is 1.15 bits per heavy atom. The van der Waals surface area contributed by atoms with Gasteiger partial charge in [0.25, 0.3) is 0 Å². The van der Waals surface area contributed by atoms with Gasteiger partial charge in [-0.3, -0.25) is 4.90 Å². The van der Waals surface area contributed by atoms with E-state index in [9.17, 15) is 0 Å². The molecule has 0 spiro atoms. The molecule has 1 aromatic carbocycles. The molecule has 2 N–H and O–H groups in total. The van der Waals surface area contributed by atoms with Crippen LogP contribution in [0.1, 0.15) is 11.1 Å². The van der Waals surface area contributed by atoms with E-state index in [1.165, 1.54) is 43.9 Å². The van der Waals surface area contributed by atoms with Crippen molar-refractivity contribution in [3.63, 3.8) is 0 Å². The maximum absolute atomic E-state index is 5.69. The molecule has 0 unspecified atom stereocenters. The van der Waals surface area contributed by atoms with Gasteiger partial charge in [-0.2, -0.15) is 0 Å². The van der Waals surface area contributed by atoms with Crippen LogP contribution in [0.4, 0.5) is 0 Å². The molecule has 0 bridgehead atoms. The van der Waals surface area contributed by atoms with E-state index in [1.54, 1.807) is 0 Å². The van der Waals surface area contributed by atoms with Crippen molar-refractivity contribution >= 4 is 0 Å². The third-order valence-electron chi connectivity index (χ3n) is 4.07. The van der Waals surface area contributed by atoms with E-state index in [0.717, 1.165) is 13.1 Å². The molecule has 0 amide bonds. The summed E-state index contributed by atoms with van der Waals surface area (Å²) in [6.07, 6.45) is 0. The minimum atomic E-state index is 0.624. The Kier molecular flexibility index (Phi) is 5.98. The fraction of sp³-hybridized carbons (Fsp3) is 0.625. The van der Waals surface area contributed by atoms with Gasteiger partial charge in [0, 0.05) is 52.4 Å². The summed E-state index contributed by atoms with van der Waals surface area (Å²) in [5.41, 5.74) is 8.27. The molecule has 0 saturated carbocycles. The number of piperazine rings is 1. The zero-order valence-corrected chi connectivity index (χ0v) is 12.9. The van der Waals surface area contributed by atoms with Gasteiger partial charge < -0.3 is 15.5 Å². The summed E-state index contributed by atoms with van der Waals surface area (Å²) in [5.74, 6) is 0. The van der Waals surface area contributed by atoms with Crippen molar-refractivity contribution < 1.29 is 0 Å². The number of rotatable bonds is 6. The topological polar surface area (TPSA) is 35.7 Å². The lowest BCUT2D eigenvalue weighted by atomic mass is 10.1. The molecule has 0 aromatic heterocycles. The van der Waals surface area contributed by atoms with Gasteiger partial charge in [-0.25, -0.2) is 0 Å². The van der Waals surface area contributed by atoms with Crippen LogP contribution < -0.4 is 5.73 Å². The highest BCUT2D eigenvalue weighted by Crippen LogP contribution is 2.07. The molecule has 0 atom stereocenters. The van der Waals surface area contributed by atoms with Crippen LogP contribution in [0.25, 0.3) is 0 Å². The third kappa shape index (κ3) is 4.87. The summed E-state index contributed by atoms with van der Waals surface area (Å²) >= 11 is 0. The molecular weight excluding hydrogens is 248 g/mol. The summed E-state index contributed by atoms with van der Waals surface area (Å²) in [5, 5.41) is 0. The van der Waals surface area contributed by atoms with Crippen LogP contribution in [0, 0.1) is 0 Å². The van der Waals surface area contributed by atoms with Crippen LogP contribution in [0.3, 0.4) is 0 Å². The van der Waals surface area contributed by atoms with E-state index >= 15 is 0 Å². The van der Waals surface area contributed by atoms with E-state index in [0.29, 0.717) is 6.54 Å². The highest BCUT2D eigenvalue weighted by Gasteiger charge is 2.13. The molecule has 112 valence electrons. The van der Waals surface area contributed by atoms with Crippen LogP contribution in [0.2, 0.25) is 0 Å². The van der Waals surface area contributed by atoms with Gasteiger partial charge in [0.05, 0.1) is 0 Å². The lowest BCUT2D eigenvalue weighted by Crippen LogP contribution is -2.46. The smallest absolute Gasteiger partial charge is 0.0231 e. The van der Waals surface area contributed by atoms with E-state index < -0.39 is 0 Å². The second kappa shape index (κ2) is 7.74. The van der Waals surface area contributed by atoms with Crippen molar-refractivity contribution in [2.24, 2.45) is 5.73 Å². The zero-order valence-electron chi connectivity index (χ0n) is 12.9. The van der Waals surface area contributed by atoms with E-state index in [2.05, 4.69) is 53.1 Å². The van der Waals surface area contributed by atoms with Gasteiger partial charge in [-0.1, -0.05) is 24.3 Å². The Labute approximate surface area is 123 Å². The van der Waals surface area contributed by atoms with Crippen molar-refractivity contribution in [3.8, 4) is 0 Å². The molecule has 4 heteroatoms. The first-order valence-corrected chi connectivity index (χ1v) is 7.54. The van der Waals surface area contributed by atoms with Crippen LogP contribution in [-0.2, 0) is 13.1 Å². The van der Waals surface area contributed by atoms with Crippen molar-refractivity contribution in [2.45, 2.75) is 13.1 Å². The van der Waals surface area contributed by atoms with Gasteiger partial charge in [0.2, 0.25) is 0 Å². The van der Waals surface area contributed by atoms with Crippen LogP contribution >= 0.6 is 0 Å². The second-order valence-corrected chi connectivity index (χ2v) is 5.91. The number of benzene rings is 1. The number of hydrogen-bond donors (Lipinski definition) is 1. The molecule has 20 heavy (non-hydrogen) atoms. The second-order valence-electron chi connectivity index (χ2n) is 5.91. The molecular formula is C16H28N4. The Balaban J connectivity index is 1.73. The molecule has 1 heterocycles. The fourth-order valence-corrected chi connectivity index (χ4v) is 2.63. The van der Waals surface area contributed by atoms with Gasteiger partial charge in [0.15, 0.2) is 0 Å². The largest absolute Gasteiger partial charge is 0.326 e. The summed E-state index contributed by atoms with van der Waals surface area (Å²) in [4.78, 5) is 7.36. The van der Waals surface area contributed by atoms with Crippen LogP contribution in [-0.4, -0.2) is 68.1 Å². The Bertz CT molecular complexity index is 399. The van der Waals surface area contributed by atoms with Crippen molar-refractivity contribution in [2.75, 3.05) is 53.4 Å². The summed E-state index contributed by atoms with van der Waals surface area (Å²) < 4.78 is 0. The third-order valence-corrected chi connectivity index (χ3v) is 4.07. The number of nitrogens with zero attached hydrogens (tertiary/aromatic N) is 3. The minimum Gasteiger partial charge on any atom is -0.326 e. The minimum absolute atomic E-state index is 0.624. The number of nitrogens with two attached hydrogens (primary N) is 1. The van der Waals surface area contributed by atoms with Crippen LogP contribution in [0.15, 0.2) is 24.3 Å². The molecule has 1 aliphatic heterocycles. The lowest BCUT2D eigenvalue weighted by molar-refractivity contribution is 0.139. The van der Waals surface area contributed by atoms with Gasteiger partial charge in [0.1, 0.15) is 0 Å². The highest BCUT2D eigenvalue weighted by atomic mass is 15.3. The Morgan fingerprint density at radius 3 is 2.55 bits per heavy atom. The van der Waals surface area contributed by atoms with Crippen molar-refractivity contribution in [1.82, 2.24) is 14.7 Å². The van der Waals surface area contributed by atoms with Crippen LogP contribution in [0.5, 0.6) is 0 Å². The quantitative estimate of drug-likeness (QED) is 0.835. The first kappa shape index (κ1) is 15.4. The average molecular weight is 276 g/mol. The predicted octanol–water partition coefficient (Wildman–Crippen LogP) is 0.825. The molecule has 1 saturated heterocycles. The Morgan fingerprint density at radius 2 is 1.85 bits per heavy atom. The number of hydrogen-bond acceptors (Lipinski definition) is 4. The molecule has 0 aliphatic carbocycles. The van der Waals surface area contributed by atoms with E-state index in [1.807, 2.05) is 0 Å². The maximum Gasteiger partial charge on any atom is 0.0231 e. The molecule has 2 rings (SSSR count). The fourth-order valence-electron chi connectivity index (χ4n) is 2.63. The average Bonchev–Trinajstić information content (AvgIpc) is 2.47. The predicted molar refractivity (Wildman–Crippen MR) is 84.6 cm³/mol. The molecule has 4 nitrogen and oxygen atoms in total. The normalized spacial score (nSPS) is 17.8. The summed E-state index contributed by atoms with van der Waals surface area (Å²) in [7, 11) is 4.40. The monoisotopic (exact) mass is 276 g/mol. The first-order chi connectivity index (χ1) is 9.67. The summed E-state index contributed by atoms with van der Waals surface area (Å²) in [6, 6.07) is 8.59. The molecule has 1 aromatic rings. The molecule has 1 fully saturated rings. The Hall–Kier alpha value is -0.940. The lowest BCUT2D eigenvalue weighted by Gasteiger charge is -2.33. The van der Waals surface area contributed by atoms with E-state index in [4.69, 9.17) is 5.73 Å². The van der Waals surface area contributed by atoms with Gasteiger partial charge in [-0.15, -0.1) is 0 Å². The standard InChI is InChI=1S/C16H28N4/c1-18-6-9-20(10-7-18)11-8-19(2)14-16-5-3-4-15(12-16)13-17/h3-5,12H,6-11,13-14,17H2,1-2H3. The summed E-state index contributed by atoms with van der Waals surface area (Å²) in [6.45, 7) is 8.71. The SMILES string of the molecule is CN1CCN(CCN(C)Cc2cccc(CN)c2)CC1. The maximum atomic E-state index is 5.69. The number of likely N-dealkylation sites (N-methyl/N-ethyl adjacent to an activating group) is 2. The van der Waals surface area contributed by atoms with Gasteiger partial charge >= 0.3 is 0 Å². The van der Waals surface area contributed by atoms with Crippen molar-refractivity contribution in [1.29, 1.82) is 0 Å². The van der Waals surface area contributed by atoms with Crippen molar-refractivity contribution in [3.05, 3.63) is 35.4 Å². The highest BCUT2D eigenvalue weighted by molar-refractivity contribution is 5.23. The molecule has 1 aliphatic rings. The van der Waals surface area contributed by atoms with E-state index in [-0.39, 0.29) is 0 Å². The van der Waals surface area contributed by atoms with Gasteiger partial charge in [-0.05, 0) is 25.2 Å². The molecule has 0 radical (unpaired) electrons. The zero-order chi connectivity index (χ0) is 14.4.